The molecule has 0 radical (unpaired) electrons. The fourth-order valence-corrected chi connectivity index (χ4v) is 2.85. The van der Waals surface area contributed by atoms with Gasteiger partial charge in [-0.3, -0.25) is 0 Å². The summed E-state index contributed by atoms with van der Waals surface area (Å²) in [5.41, 5.74) is 1.08. The molecule has 0 amide bonds. The maximum absolute atomic E-state index is 5.83. The number of hydrogen-bond donors (Lipinski definition) is 1. The summed E-state index contributed by atoms with van der Waals surface area (Å²) >= 11 is 11.0. The van der Waals surface area contributed by atoms with Crippen LogP contribution in [0.4, 0.5) is 5.69 Å². The number of pyridine rings is 1. The van der Waals surface area contributed by atoms with Crippen LogP contribution >= 0.6 is 39.3 Å². The SMILES string of the molecule is Clc1ccc(NCCSc2ncccc2Br)cc1. The van der Waals surface area contributed by atoms with Crippen LogP contribution in [-0.2, 0) is 0 Å². The Labute approximate surface area is 124 Å². The summed E-state index contributed by atoms with van der Waals surface area (Å²) in [6.07, 6.45) is 1.81. The minimum atomic E-state index is 0.757. The predicted molar refractivity (Wildman–Crippen MR) is 82.6 cm³/mol. The molecule has 1 aromatic carbocycles. The first-order valence-electron chi connectivity index (χ1n) is 5.48. The number of aromatic nitrogens is 1. The number of hydrogen-bond acceptors (Lipinski definition) is 3. The zero-order valence-electron chi connectivity index (χ0n) is 9.57. The van der Waals surface area contributed by atoms with Gasteiger partial charge in [0.15, 0.2) is 0 Å². The number of thioether (sulfide) groups is 1. The Hall–Kier alpha value is -0.710. The second-order valence-electron chi connectivity index (χ2n) is 3.57. The summed E-state index contributed by atoms with van der Waals surface area (Å²) < 4.78 is 1.04. The Morgan fingerprint density at radius 1 is 1.22 bits per heavy atom. The molecule has 0 saturated heterocycles. The first kappa shape index (κ1) is 13.7. The van der Waals surface area contributed by atoms with Gasteiger partial charge in [0.2, 0.25) is 0 Å². The summed E-state index contributed by atoms with van der Waals surface area (Å²) in [6, 6.07) is 11.6. The lowest BCUT2D eigenvalue weighted by Crippen LogP contribution is -2.03. The third kappa shape index (κ3) is 4.19. The van der Waals surface area contributed by atoms with E-state index in [-0.39, 0.29) is 0 Å². The zero-order chi connectivity index (χ0) is 12.8. The van der Waals surface area contributed by atoms with Gasteiger partial charge < -0.3 is 5.32 Å². The first-order valence-corrected chi connectivity index (χ1v) is 7.64. The van der Waals surface area contributed by atoms with Crippen molar-refractivity contribution in [3.8, 4) is 0 Å². The molecule has 0 aliphatic carbocycles. The van der Waals surface area contributed by atoms with Crippen molar-refractivity contribution in [1.29, 1.82) is 0 Å². The lowest BCUT2D eigenvalue weighted by molar-refractivity contribution is 1.10. The monoisotopic (exact) mass is 342 g/mol. The molecule has 0 spiro atoms. The van der Waals surface area contributed by atoms with Crippen LogP contribution in [0.25, 0.3) is 0 Å². The number of halogens is 2. The van der Waals surface area contributed by atoms with Crippen molar-refractivity contribution >= 4 is 45.0 Å². The van der Waals surface area contributed by atoms with Gasteiger partial charge in [-0.1, -0.05) is 11.6 Å². The van der Waals surface area contributed by atoms with Crippen LogP contribution in [-0.4, -0.2) is 17.3 Å². The van der Waals surface area contributed by atoms with E-state index in [1.54, 1.807) is 18.0 Å². The molecule has 18 heavy (non-hydrogen) atoms. The largest absolute Gasteiger partial charge is 0.384 e. The molecular formula is C13H12BrClN2S. The molecule has 1 heterocycles. The second kappa shape index (κ2) is 7.02. The minimum Gasteiger partial charge on any atom is -0.384 e. The van der Waals surface area contributed by atoms with Crippen molar-refractivity contribution in [1.82, 2.24) is 4.98 Å². The maximum atomic E-state index is 5.83. The maximum Gasteiger partial charge on any atom is 0.110 e. The number of benzene rings is 1. The minimum absolute atomic E-state index is 0.757. The van der Waals surface area contributed by atoms with Gasteiger partial charge in [-0.15, -0.1) is 11.8 Å². The van der Waals surface area contributed by atoms with Crippen LogP contribution in [0.1, 0.15) is 0 Å². The van der Waals surface area contributed by atoms with E-state index in [2.05, 4.69) is 26.2 Å². The van der Waals surface area contributed by atoms with E-state index in [4.69, 9.17) is 11.6 Å². The van der Waals surface area contributed by atoms with Gasteiger partial charge in [0.25, 0.3) is 0 Å². The Balaban J connectivity index is 1.76. The molecule has 2 nitrogen and oxygen atoms in total. The van der Waals surface area contributed by atoms with E-state index in [1.807, 2.05) is 36.4 Å². The molecule has 0 atom stereocenters. The number of nitrogens with zero attached hydrogens (tertiary/aromatic N) is 1. The highest BCUT2D eigenvalue weighted by Crippen LogP contribution is 2.24. The number of rotatable bonds is 5. The number of nitrogens with one attached hydrogen (secondary N) is 1. The van der Waals surface area contributed by atoms with Crippen molar-refractivity contribution in [3.05, 3.63) is 52.1 Å². The van der Waals surface area contributed by atoms with E-state index in [9.17, 15) is 0 Å². The van der Waals surface area contributed by atoms with Crippen molar-refractivity contribution in [2.24, 2.45) is 0 Å². The molecule has 1 aromatic heterocycles. The van der Waals surface area contributed by atoms with Crippen molar-refractivity contribution in [2.75, 3.05) is 17.6 Å². The molecule has 5 heteroatoms. The molecule has 0 fully saturated rings. The molecular weight excluding hydrogens is 332 g/mol. The zero-order valence-corrected chi connectivity index (χ0v) is 12.7. The number of anilines is 1. The molecule has 0 aliphatic rings. The molecule has 0 saturated carbocycles. The summed E-state index contributed by atoms with van der Waals surface area (Å²) in [7, 11) is 0. The summed E-state index contributed by atoms with van der Waals surface area (Å²) in [6.45, 7) is 0.884. The fraction of sp³-hybridized carbons (Fsp3) is 0.154. The third-order valence-electron chi connectivity index (χ3n) is 2.24. The highest BCUT2D eigenvalue weighted by atomic mass is 79.9. The van der Waals surface area contributed by atoms with Gasteiger partial charge >= 0.3 is 0 Å². The van der Waals surface area contributed by atoms with Crippen molar-refractivity contribution in [2.45, 2.75) is 5.03 Å². The summed E-state index contributed by atoms with van der Waals surface area (Å²) in [5.74, 6) is 0.957. The molecule has 0 unspecified atom stereocenters. The van der Waals surface area contributed by atoms with Gasteiger partial charge in [0.1, 0.15) is 5.03 Å². The quantitative estimate of drug-likeness (QED) is 0.629. The fourth-order valence-electron chi connectivity index (χ4n) is 1.39. The van der Waals surface area contributed by atoms with Crippen LogP contribution in [0.3, 0.4) is 0 Å². The van der Waals surface area contributed by atoms with E-state index < -0.39 is 0 Å². The van der Waals surface area contributed by atoms with E-state index in [0.717, 1.165) is 32.5 Å². The van der Waals surface area contributed by atoms with E-state index in [1.165, 1.54) is 0 Å². The average Bonchev–Trinajstić information content (AvgIpc) is 2.39. The third-order valence-corrected chi connectivity index (χ3v) is 4.40. The standard InChI is InChI=1S/C13H12BrClN2S/c14-12-2-1-7-17-13(12)18-9-8-16-11-5-3-10(15)4-6-11/h1-7,16H,8-9H2. The Morgan fingerprint density at radius 3 is 2.72 bits per heavy atom. The van der Waals surface area contributed by atoms with E-state index >= 15 is 0 Å². The van der Waals surface area contributed by atoms with Gasteiger partial charge in [-0.05, 0) is 52.3 Å². The molecule has 94 valence electrons. The Kier molecular flexibility index (Phi) is 5.35. The molecule has 2 rings (SSSR count). The molecule has 2 aromatic rings. The highest BCUT2D eigenvalue weighted by molar-refractivity contribution is 9.10. The first-order chi connectivity index (χ1) is 8.75. The van der Waals surface area contributed by atoms with Gasteiger partial charge in [-0.25, -0.2) is 4.98 Å². The predicted octanol–water partition coefficient (Wildman–Crippen LogP) is 4.70. The smallest absolute Gasteiger partial charge is 0.110 e. The Bertz CT molecular complexity index is 505. The van der Waals surface area contributed by atoms with Crippen LogP contribution in [0.15, 0.2) is 52.1 Å². The van der Waals surface area contributed by atoms with Gasteiger partial charge in [0.05, 0.1) is 0 Å². The lowest BCUT2D eigenvalue weighted by Gasteiger charge is -2.06. The topological polar surface area (TPSA) is 24.9 Å². The lowest BCUT2D eigenvalue weighted by atomic mass is 10.3. The highest BCUT2D eigenvalue weighted by Gasteiger charge is 2.00. The summed E-state index contributed by atoms with van der Waals surface area (Å²) in [4.78, 5) is 4.31. The molecule has 1 N–H and O–H groups in total. The molecule has 0 bridgehead atoms. The van der Waals surface area contributed by atoms with Crippen molar-refractivity contribution in [3.63, 3.8) is 0 Å². The van der Waals surface area contributed by atoms with Crippen LogP contribution in [0.2, 0.25) is 5.02 Å². The average molecular weight is 344 g/mol. The van der Waals surface area contributed by atoms with Crippen LogP contribution in [0.5, 0.6) is 0 Å². The normalized spacial score (nSPS) is 10.3. The second-order valence-corrected chi connectivity index (χ2v) is 5.95. The van der Waals surface area contributed by atoms with Crippen LogP contribution < -0.4 is 5.32 Å². The van der Waals surface area contributed by atoms with Crippen molar-refractivity contribution < 1.29 is 0 Å². The van der Waals surface area contributed by atoms with Gasteiger partial charge in [-0.2, -0.15) is 0 Å². The van der Waals surface area contributed by atoms with Crippen LogP contribution in [0, 0.1) is 0 Å². The summed E-state index contributed by atoms with van der Waals surface area (Å²) in [5, 5.41) is 5.12. The Morgan fingerprint density at radius 2 is 2.00 bits per heavy atom. The van der Waals surface area contributed by atoms with E-state index in [0.29, 0.717) is 0 Å². The molecule has 0 aliphatic heterocycles. The van der Waals surface area contributed by atoms with Gasteiger partial charge in [0, 0.05) is 33.7 Å².